The summed E-state index contributed by atoms with van der Waals surface area (Å²) in [5.74, 6) is 0. The molecule has 84 valence electrons. The maximum atomic E-state index is 9.20. The van der Waals surface area contributed by atoms with Crippen LogP contribution in [-0.2, 0) is 11.3 Å². The predicted molar refractivity (Wildman–Crippen MR) is 61.4 cm³/mol. The number of thiophene rings is 1. The number of aliphatic hydroxyl groups is 1. The second-order valence-electron chi connectivity index (χ2n) is 3.59. The van der Waals surface area contributed by atoms with E-state index >= 15 is 0 Å². The van der Waals surface area contributed by atoms with E-state index in [-0.39, 0.29) is 12.6 Å². The molecule has 0 aliphatic carbocycles. The number of hydrogen-bond donors (Lipinski definition) is 1. The topological polar surface area (TPSA) is 32.7 Å². The number of rotatable bonds is 3. The average Bonchev–Trinajstić information content (AvgIpc) is 2.65. The SMILES string of the molecule is OCC1COCCN1Cc1ccc(Cl)s1. The highest BCUT2D eigenvalue weighted by Gasteiger charge is 2.22. The lowest BCUT2D eigenvalue weighted by molar-refractivity contribution is -0.0308. The number of ether oxygens (including phenoxy) is 1. The standard InChI is InChI=1S/C10H14ClNO2S/c11-10-2-1-9(15-10)5-12-3-4-14-7-8(12)6-13/h1-2,8,13H,3-7H2. The van der Waals surface area contributed by atoms with Crippen molar-refractivity contribution in [2.75, 3.05) is 26.4 Å². The Morgan fingerprint density at radius 1 is 1.60 bits per heavy atom. The molecule has 0 amide bonds. The Morgan fingerprint density at radius 2 is 2.47 bits per heavy atom. The van der Waals surface area contributed by atoms with Crippen molar-refractivity contribution < 1.29 is 9.84 Å². The first-order valence-electron chi connectivity index (χ1n) is 4.96. The Bertz CT molecular complexity index is 318. The van der Waals surface area contributed by atoms with Gasteiger partial charge in [-0.25, -0.2) is 0 Å². The molecule has 1 aromatic heterocycles. The molecule has 2 heterocycles. The van der Waals surface area contributed by atoms with Gasteiger partial charge in [0, 0.05) is 18.0 Å². The second-order valence-corrected chi connectivity index (χ2v) is 5.39. The molecule has 1 aliphatic rings. The van der Waals surface area contributed by atoms with E-state index in [1.165, 1.54) is 4.88 Å². The average molecular weight is 248 g/mol. The second kappa shape index (κ2) is 5.27. The van der Waals surface area contributed by atoms with Crippen molar-refractivity contribution in [3.8, 4) is 0 Å². The third-order valence-electron chi connectivity index (χ3n) is 2.55. The van der Waals surface area contributed by atoms with Crippen LogP contribution in [0.2, 0.25) is 4.34 Å². The van der Waals surface area contributed by atoms with Crippen LogP contribution in [0.15, 0.2) is 12.1 Å². The van der Waals surface area contributed by atoms with E-state index in [1.807, 2.05) is 12.1 Å². The van der Waals surface area contributed by atoms with Gasteiger partial charge in [-0.3, -0.25) is 4.90 Å². The summed E-state index contributed by atoms with van der Waals surface area (Å²) < 4.78 is 6.14. The maximum Gasteiger partial charge on any atom is 0.0931 e. The van der Waals surface area contributed by atoms with E-state index in [0.29, 0.717) is 6.61 Å². The van der Waals surface area contributed by atoms with Gasteiger partial charge in [0.2, 0.25) is 0 Å². The lowest BCUT2D eigenvalue weighted by Gasteiger charge is -2.33. The van der Waals surface area contributed by atoms with Gasteiger partial charge in [0.25, 0.3) is 0 Å². The van der Waals surface area contributed by atoms with Crippen molar-refractivity contribution in [1.29, 1.82) is 0 Å². The van der Waals surface area contributed by atoms with Gasteiger partial charge in [-0.2, -0.15) is 0 Å². The van der Waals surface area contributed by atoms with E-state index in [4.69, 9.17) is 16.3 Å². The normalized spacial score (nSPS) is 23.2. The maximum absolute atomic E-state index is 9.20. The molecule has 1 fully saturated rings. The molecule has 2 rings (SSSR count). The minimum atomic E-state index is 0.125. The lowest BCUT2D eigenvalue weighted by Crippen LogP contribution is -2.46. The quantitative estimate of drug-likeness (QED) is 0.881. The Kier molecular flexibility index (Phi) is 3.99. The number of hydrogen-bond acceptors (Lipinski definition) is 4. The van der Waals surface area contributed by atoms with Crippen LogP contribution in [0.4, 0.5) is 0 Å². The molecular weight excluding hydrogens is 234 g/mol. The summed E-state index contributed by atoms with van der Waals surface area (Å²) in [5, 5.41) is 9.20. The molecule has 5 heteroatoms. The summed E-state index contributed by atoms with van der Waals surface area (Å²) in [6, 6.07) is 4.08. The van der Waals surface area contributed by atoms with Crippen LogP contribution < -0.4 is 0 Å². The molecule has 1 N–H and O–H groups in total. The van der Waals surface area contributed by atoms with Crippen molar-refractivity contribution in [2.24, 2.45) is 0 Å². The fourth-order valence-electron chi connectivity index (χ4n) is 1.70. The monoisotopic (exact) mass is 247 g/mol. The van der Waals surface area contributed by atoms with Crippen molar-refractivity contribution in [3.63, 3.8) is 0 Å². The predicted octanol–water partition coefficient (Wildman–Crippen LogP) is 1.59. The van der Waals surface area contributed by atoms with Crippen LogP contribution in [0, 0.1) is 0 Å². The van der Waals surface area contributed by atoms with E-state index in [1.54, 1.807) is 11.3 Å². The molecule has 0 bridgehead atoms. The third kappa shape index (κ3) is 2.92. The zero-order valence-electron chi connectivity index (χ0n) is 8.36. The van der Waals surface area contributed by atoms with Crippen LogP contribution in [0.5, 0.6) is 0 Å². The molecule has 0 radical (unpaired) electrons. The van der Waals surface area contributed by atoms with Gasteiger partial charge in [0.15, 0.2) is 0 Å². The highest BCUT2D eigenvalue weighted by Crippen LogP contribution is 2.23. The van der Waals surface area contributed by atoms with Crippen molar-refractivity contribution in [1.82, 2.24) is 4.90 Å². The van der Waals surface area contributed by atoms with Gasteiger partial charge in [-0.1, -0.05) is 11.6 Å². The number of halogens is 1. The molecule has 1 atom stereocenters. The summed E-state index contributed by atoms with van der Waals surface area (Å²) in [5.41, 5.74) is 0. The van der Waals surface area contributed by atoms with E-state index < -0.39 is 0 Å². The van der Waals surface area contributed by atoms with Crippen LogP contribution in [0.1, 0.15) is 4.88 Å². The summed E-state index contributed by atoms with van der Waals surface area (Å²) in [6.07, 6.45) is 0. The Balaban J connectivity index is 1.97. The largest absolute Gasteiger partial charge is 0.395 e. The molecule has 1 aliphatic heterocycles. The fourth-order valence-corrected chi connectivity index (χ4v) is 2.82. The highest BCUT2D eigenvalue weighted by molar-refractivity contribution is 7.16. The lowest BCUT2D eigenvalue weighted by atomic mass is 10.2. The minimum Gasteiger partial charge on any atom is -0.395 e. The summed E-state index contributed by atoms with van der Waals surface area (Å²) in [6.45, 7) is 3.25. The fraction of sp³-hybridized carbons (Fsp3) is 0.600. The molecule has 1 saturated heterocycles. The van der Waals surface area contributed by atoms with Gasteiger partial charge in [-0.15, -0.1) is 11.3 Å². The van der Waals surface area contributed by atoms with Crippen LogP contribution in [0.25, 0.3) is 0 Å². The van der Waals surface area contributed by atoms with Crippen molar-refractivity contribution in [2.45, 2.75) is 12.6 Å². The molecule has 1 aromatic rings. The summed E-state index contributed by atoms with van der Waals surface area (Å²) >= 11 is 7.47. The zero-order chi connectivity index (χ0) is 10.7. The first kappa shape index (κ1) is 11.4. The van der Waals surface area contributed by atoms with Gasteiger partial charge in [0.05, 0.1) is 30.2 Å². The number of morpholine rings is 1. The highest BCUT2D eigenvalue weighted by atomic mass is 35.5. The molecule has 3 nitrogen and oxygen atoms in total. The van der Waals surface area contributed by atoms with Gasteiger partial charge in [0.1, 0.15) is 0 Å². The first-order valence-corrected chi connectivity index (χ1v) is 6.16. The smallest absolute Gasteiger partial charge is 0.0931 e. The molecule has 0 aromatic carbocycles. The van der Waals surface area contributed by atoms with E-state index in [0.717, 1.165) is 24.0 Å². The zero-order valence-corrected chi connectivity index (χ0v) is 9.93. The summed E-state index contributed by atoms with van der Waals surface area (Å²) in [4.78, 5) is 3.48. The van der Waals surface area contributed by atoms with Gasteiger partial charge < -0.3 is 9.84 Å². The Hall–Kier alpha value is -0.130. The molecule has 0 saturated carbocycles. The van der Waals surface area contributed by atoms with Crippen molar-refractivity contribution >= 4 is 22.9 Å². The van der Waals surface area contributed by atoms with Crippen LogP contribution >= 0.6 is 22.9 Å². The van der Waals surface area contributed by atoms with Crippen LogP contribution in [0.3, 0.4) is 0 Å². The Morgan fingerprint density at radius 3 is 3.13 bits per heavy atom. The van der Waals surface area contributed by atoms with Gasteiger partial charge in [-0.05, 0) is 12.1 Å². The van der Waals surface area contributed by atoms with Gasteiger partial charge >= 0.3 is 0 Å². The summed E-state index contributed by atoms with van der Waals surface area (Å²) in [7, 11) is 0. The third-order valence-corrected chi connectivity index (χ3v) is 3.76. The molecule has 0 spiro atoms. The number of nitrogens with zero attached hydrogens (tertiary/aromatic N) is 1. The Labute approximate surface area is 98.2 Å². The minimum absolute atomic E-state index is 0.125. The molecule has 1 unspecified atom stereocenters. The van der Waals surface area contributed by atoms with Crippen LogP contribution in [-0.4, -0.2) is 42.4 Å². The molecular formula is C10H14ClNO2S. The first-order chi connectivity index (χ1) is 7.29. The van der Waals surface area contributed by atoms with E-state index in [9.17, 15) is 5.11 Å². The van der Waals surface area contributed by atoms with Crippen molar-refractivity contribution in [3.05, 3.63) is 21.3 Å². The van der Waals surface area contributed by atoms with E-state index in [2.05, 4.69) is 4.90 Å². The number of aliphatic hydroxyl groups excluding tert-OH is 1. The molecule has 15 heavy (non-hydrogen) atoms.